The number of amides is 1. The van der Waals surface area contributed by atoms with Gasteiger partial charge in [0, 0.05) is 11.6 Å². The molecular weight excluding hydrogens is 350 g/mol. The van der Waals surface area contributed by atoms with E-state index >= 15 is 0 Å². The van der Waals surface area contributed by atoms with Crippen LogP contribution in [0, 0.1) is 6.92 Å². The van der Waals surface area contributed by atoms with Gasteiger partial charge in [-0.05, 0) is 36.6 Å². The van der Waals surface area contributed by atoms with Crippen LogP contribution in [0.2, 0.25) is 5.02 Å². The van der Waals surface area contributed by atoms with Gasteiger partial charge in [-0.2, -0.15) is 0 Å². The minimum Gasteiger partial charge on any atom is -0.450 e. The maximum atomic E-state index is 13.3. The van der Waals surface area contributed by atoms with E-state index < -0.39 is 6.04 Å². The first-order chi connectivity index (χ1) is 12.5. The zero-order chi connectivity index (χ0) is 18.4. The Labute approximate surface area is 156 Å². The average Bonchev–Trinajstić information content (AvgIpc) is 2.91. The predicted molar refractivity (Wildman–Crippen MR) is 102 cm³/mol. The zero-order valence-corrected chi connectivity index (χ0v) is 15.3. The first-order valence-corrected chi connectivity index (χ1v) is 9.03. The first-order valence-electron chi connectivity index (χ1n) is 8.65. The molecule has 0 fully saturated rings. The summed E-state index contributed by atoms with van der Waals surface area (Å²) < 4.78 is 5.91. The van der Waals surface area contributed by atoms with E-state index in [0.29, 0.717) is 28.1 Å². The molecule has 132 valence electrons. The minimum absolute atomic E-state index is 0.145. The largest absolute Gasteiger partial charge is 0.450 e. The highest BCUT2D eigenvalue weighted by Gasteiger charge is 2.42. The fourth-order valence-corrected chi connectivity index (χ4v) is 3.76. The molecule has 1 amide bonds. The van der Waals surface area contributed by atoms with Crippen molar-refractivity contribution in [3.05, 3.63) is 80.2 Å². The molecule has 2 heterocycles. The highest BCUT2D eigenvalue weighted by atomic mass is 35.5. The molecule has 26 heavy (non-hydrogen) atoms. The summed E-state index contributed by atoms with van der Waals surface area (Å²) in [6, 6.07) is 12.5. The number of hydrogen-bond donors (Lipinski definition) is 0. The fourth-order valence-electron chi connectivity index (χ4n) is 3.59. The Morgan fingerprint density at radius 1 is 1.15 bits per heavy atom. The Morgan fingerprint density at radius 3 is 2.58 bits per heavy atom. The van der Waals surface area contributed by atoms with Gasteiger partial charge in [-0.15, -0.1) is 0 Å². The van der Waals surface area contributed by atoms with Gasteiger partial charge in [-0.3, -0.25) is 9.59 Å². The van der Waals surface area contributed by atoms with Gasteiger partial charge in [0.15, 0.2) is 5.43 Å². The Morgan fingerprint density at radius 2 is 1.88 bits per heavy atom. The van der Waals surface area contributed by atoms with Gasteiger partial charge in [0.2, 0.25) is 5.76 Å². The molecule has 0 aliphatic carbocycles. The molecule has 1 unspecified atom stereocenters. The molecule has 4 nitrogen and oxygen atoms in total. The Balaban J connectivity index is 2.04. The summed E-state index contributed by atoms with van der Waals surface area (Å²) in [5, 5.41) is 0.919. The Bertz CT molecular complexity index is 1070. The fraction of sp³-hybridized carbons (Fsp3) is 0.238. The molecule has 4 rings (SSSR count). The normalized spacial score (nSPS) is 16.3. The van der Waals surface area contributed by atoms with Crippen LogP contribution in [0.1, 0.15) is 46.6 Å². The molecule has 0 spiro atoms. The molecule has 1 aliphatic heterocycles. The molecule has 5 heteroatoms. The standard InChI is InChI=1S/C21H18ClNO3/c1-3-9-23-18(13-7-5-4-6-8-13)17-19(24)14-11-15(22)12(2)10-16(14)26-20(17)21(23)25/h4-8,10-11,18H,3,9H2,1-2H3. The number of hydrogen-bond acceptors (Lipinski definition) is 3. The van der Waals surface area contributed by atoms with Crippen LogP contribution in [0.3, 0.4) is 0 Å². The number of fused-ring (bicyclic) bond motifs is 2. The van der Waals surface area contributed by atoms with Crippen LogP contribution < -0.4 is 5.43 Å². The molecule has 0 radical (unpaired) electrons. The van der Waals surface area contributed by atoms with Crippen LogP contribution in [-0.2, 0) is 0 Å². The quantitative estimate of drug-likeness (QED) is 0.673. The van der Waals surface area contributed by atoms with Crippen LogP contribution in [0.15, 0.2) is 51.7 Å². The first kappa shape index (κ1) is 16.9. The summed E-state index contributed by atoms with van der Waals surface area (Å²) in [6.45, 7) is 4.40. The van der Waals surface area contributed by atoms with Crippen molar-refractivity contribution < 1.29 is 9.21 Å². The molecule has 2 aromatic carbocycles. The lowest BCUT2D eigenvalue weighted by Crippen LogP contribution is -2.30. The molecule has 3 aromatic rings. The van der Waals surface area contributed by atoms with Gasteiger partial charge in [-0.1, -0.05) is 48.9 Å². The second kappa shape index (κ2) is 6.29. The van der Waals surface area contributed by atoms with Crippen molar-refractivity contribution in [2.45, 2.75) is 26.3 Å². The van der Waals surface area contributed by atoms with E-state index in [0.717, 1.165) is 17.5 Å². The van der Waals surface area contributed by atoms with E-state index in [2.05, 4.69) is 0 Å². The molecule has 0 bridgehead atoms. The SMILES string of the molecule is CCCN1C(=O)c2oc3cc(C)c(Cl)cc3c(=O)c2C1c1ccccc1. The van der Waals surface area contributed by atoms with Gasteiger partial charge in [0.1, 0.15) is 5.58 Å². The van der Waals surface area contributed by atoms with Crippen LogP contribution in [0.25, 0.3) is 11.0 Å². The van der Waals surface area contributed by atoms with E-state index in [1.165, 1.54) is 0 Å². The van der Waals surface area contributed by atoms with Gasteiger partial charge in [-0.25, -0.2) is 0 Å². The van der Waals surface area contributed by atoms with Crippen LogP contribution in [0.4, 0.5) is 0 Å². The third kappa shape index (κ3) is 2.44. The molecule has 0 saturated heterocycles. The zero-order valence-electron chi connectivity index (χ0n) is 14.6. The van der Waals surface area contributed by atoms with Crippen molar-refractivity contribution in [3.63, 3.8) is 0 Å². The molecule has 1 aromatic heterocycles. The minimum atomic E-state index is -0.431. The van der Waals surface area contributed by atoms with Crippen molar-refractivity contribution in [1.29, 1.82) is 0 Å². The second-order valence-corrected chi connectivity index (χ2v) is 6.99. The smallest absolute Gasteiger partial charge is 0.290 e. The number of rotatable bonds is 3. The van der Waals surface area contributed by atoms with Crippen LogP contribution in [0.5, 0.6) is 0 Å². The van der Waals surface area contributed by atoms with Gasteiger partial charge >= 0.3 is 0 Å². The van der Waals surface area contributed by atoms with E-state index in [1.807, 2.05) is 44.2 Å². The van der Waals surface area contributed by atoms with E-state index in [4.69, 9.17) is 16.0 Å². The highest BCUT2D eigenvalue weighted by Crippen LogP contribution is 2.38. The van der Waals surface area contributed by atoms with E-state index in [9.17, 15) is 9.59 Å². The third-order valence-electron chi connectivity index (χ3n) is 4.83. The number of benzene rings is 2. The number of halogens is 1. The lowest BCUT2D eigenvalue weighted by atomic mass is 9.98. The summed E-state index contributed by atoms with van der Waals surface area (Å²) >= 11 is 6.21. The maximum Gasteiger partial charge on any atom is 0.290 e. The van der Waals surface area contributed by atoms with Crippen LogP contribution in [-0.4, -0.2) is 17.4 Å². The Hall–Kier alpha value is -2.59. The van der Waals surface area contributed by atoms with Crippen molar-refractivity contribution in [1.82, 2.24) is 4.90 Å². The van der Waals surface area contributed by atoms with Gasteiger partial charge < -0.3 is 9.32 Å². The number of carbonyl (C=O) groups excluding carboxylic acids is 1. The number of carbonyl (C=O) groups is 1. The van der Waals surface area contributed by atoms with Crippen molar-refractivity contribution in [3.8, 4) is 0 Å². The molecule has 1 atom stereocenters. The van der Waals surface area contributed by atoms with Gasteiger partial charge in [0.05, 0.1) is 17.0 Å². The van der Waals surface area contributed by atoms with Crippen LogP contribution >= 0.6 is 11.6 Å². The predicted octanol–water partition coefficient (Wildman–Crippen LogP) is 4.71. The van der Waals surface area contributed by atoms with Crippen molar-refractivity contribution in [2.24, 2.45) is 0 Å². The number of nitrogens with zero attached hydrogens (tertiary/aromatic N) is 1. The molecule has 1 aliphatic rings. The van der Waals surface area contributed by atoms with Crippen molar-refractivity contribution in [2.75, 3.05) is 6.54 Å². The van der Waals surface area contributed by atoms with Crippen molar-refractivity contribution >= 4 is 28.5 Å². The van der Waals surface area contributed by atoms with E-state index in [1.54, 1.807) is 17.0 Å². The highest BCUT2D eigenvalue weighted by molar-refractivity contribution is 6.32. The average molecular weight is 368 g/mol. The topological polar surface area (TPSA) is 50.5 Å². The maximum absolute atomic E-state index is 13.3. The van der Waals surface area contributed by atoms with Gasteiger partial charge in [0.25, 0.3) is 5.91 Å². The lowest BCUT2D eigenvalue weighted by molar-refractivity contribution is 0.0728. The summed E-state index contributed by atoms with van der Waals surface area (Å²) in [6.07, 6.45) is 0.793. The third-order valence-corrected chi connectivity index (χ3v) is 5.23. The second-order valence-electron chi connectivity index (χ2n) is 6.58. The molecule has 0 saturated carbocycles. The molecule has 0 N–H and O–H groups in total. The summed E-state index contributed by atoms with van der Waals surface area (Å²) in [5.74, 6) is -0.0890. The number of aryl methyl sites for hydroxylation is 1. The lowest BCUT2D eigenvalue weighted by Gasteiger charge is -2.24. The molecular formula is C21H18ClNO3. The summed E-state index contributed by atoms with van der Waals surface area (Å²) in [4.78, 5) is 28.0. The van der Waals surface area contributed by atoms with E-state index in [-0.39, 0.29) is 17.1 Å². The summed E-state index contributed by atoms with van der Waals surface area (Å²) in [5.41, 5.74) is 2.32. The Kier molecular flexibility index (Phi) is 4.08. The summed E-state index contributed by atoms with van der Waals surface area (Å²) in [7, 11) is 0. The monoisotopic (exact) mass is 367 g/mol.